The second kappa shape index (κ2) is 3.64. The van der Waals surface area contributed by atoms with E-state index >= 15 is 0 Å². The van der Waals surface area contributed by atoms with Gasteiger partial charge < -0.3 is 15.7 Å². The third kappa shape index (κ3) is 2.42. The fourth-order valence-corrected chi connectivity index (χ4v) is 1.60. The predicted octanol–water partition coefficient (Wildman–Crippen LogP) is -0.293. The van der Waals surface area contributed by atoms with Crippen molar-refractivity contribution < 1.29 is 9.90 Å². The maximum atomic E-state index is 11.5. The Balaban J connectivity index is 2.34. The molecule has 0 aromatic rings. The van der Waals surface area contributed by atoms with Gasteiger partial charge in [-0.15, -0.1) is 0 Å². The standard InChI is InChI=1S/C9H18N2O2/c1-3-4-7(10)8(12)11-5-9(2,13)6-11/h7,13H,3-6,10H2,1-2H3. The van der Waals surface area contributed by atoms with Crippen molar-refractivity contribution in [2.24, 2.45) is 5.73 Å². The second-order valence-corrected chi connectivity index (χ2v) is 4.09. The van der Waals surface area contributed by atoms with Gasteiger partial charge >= 0.3 is 0 Å². The Kier molecular flexibility index (Phi) is 2.93. The maximum absolute atomic E-state index is 11.5. The molecule has 0 saturated carbocycles. The lowest BCUT2D eigenvalue weighted by Crippen LogP contribution is -2.64. The van der Waals surface area contributed by atoms with E-state index in [1.165, 1.54) is 0 Å². The summed E-state index contributed by atoms with van der Waals surface area (Å²) in [6.07, 6.45) is 1.63. The molecule has 13 heavy (non-hydrogen) atoms. The van der Waals surface area contributed by atoms with Crippen LogP contribution < -0.4 is 5.73 Å². The van der Waals surface area contributed by atoms with Crippen molar-refractivity contribution in [1.29, 1.82) is 0 Å². The molecule has 1 fully saturated rings. The zero-order valence-corrected chi connectivity index (χ0v) is 8.29. The molecule has 0 bridgehead atoms. The van der Waals surface area contributed by atoms with Crippen LogP contribution in [0, 0.1) is 0 Å². The molecule has 1 atom stereocenters. The molecular formula is C9H18N2O2. The molecule has 0 spiro atoms. The first kappa shape index (κ1) is 10.5. The van der Waals surface area contributed by atoms with E-state index in [0.717, 1.165) is 12.8 Å². The van der Waals surface area contributed by atoms with Crippen LogP contribution in [0.4, 0.5) is 0 Å². The molecule has 1 amide bonds. The number of nitrogens with zero attached hydrogens (tertiary/aromatic N) is 1. The summed E-state index contributed by atoms with van der Waals surface area (Å²) in [5.41, 5.74) is 4.96. The van der Waals surface area contributed by atoms with E-state index in [-0.39, 0.29) is 11.9 Å². The number of rotatable bonds is 3. The number of carbonyl (C=O) groups excluding carboxylic acids is 1. The van der Waals surface area contributed by atoms with Gasteiger partial charge in [-0.05, 0) is 13.3 Å². The van der Waals surface area contributed by atoms with Gasteiger partial charge in [0.1, 0.15) is 0 Å². The van der Waals surface area contributed by atoms with E-state index in [4.69, 9.17) is 5.73 Å². The van der Waals surface area contributed by atoms with Crippen LogP contribution in [0.2, 0.25) is 0 Å². The van der Waals surface area contributed by atoms with Crippen molar-refractivity contribution in [1.82, 2.24) is 4.90 Å². The van der Waals surface area contributed by atoms with Crippen molar-refractivity contribution in [3.63, 3.8) is 0 Å². The Hall–Kier alpha value is -0.610. The minimum Gasteiger partial charge on any atom is -0.386 e. The highest BCUT2D eigenvalue weighted by molar-refractivity contribution is 5.82. The molecule has 3 N–H and O–H groups in total. The highest BCUT2D eigenvalue weighted by Gasteiger charge is 2.40. The molecule has 1 unspecified atom stereocenters. The van der Waals surface area contributed by atoms with Crippen molar-refractivity contribution in [2.75, 3.05) is 13.1 Å². The van der Waals surface area contributed by atoms with Crippen LogP contribution in [0.25, 0.3) is 0 Å². The topological polar surface area (TPSA) is 66.6 Å². The summed E-state index contributed by atoms with van der Waals surface area (Å²) in [5, 5.41) is 9.41. The molecule has 76 valence electrons. The van der Waals surface area contributed by atoms with Crippen LogP contribution in [-0.4, -0.2) is 40.6 Å². The molecule has 1 heterocycles. The first-order valence-electron chi connectivity index (χ1n) is 4.73. The van der Waals surface area contributed by atoms with E-state index in [9.17, 15) is 9.90 Å². The third-order valence-corrected chi connectivity index (χ3v) is 2.29. The summed E-state index contributed by atoms with van der Waals surface area (Å²) in [5.74, 6) is -0.0339. The number of likely N-dealkylation sites (tertiary alicyclic amines) is 1. The van der Waals surface area contributed by atoms with Crippen molar-refractivity contribution in [3.8, 4) is 0 Å². The highest BCUT2D eigenvalue weighted by atomic mass is 16.3. The number of β-amino-alcohol motifs (C(OH)–C–C–N with tert-alkyl or cyclic N) is 1. The van der Waals surface area contributed by atoms with Gasteiger partial charge in [-0.2, -0.15) is 0 Å². The van der Waals surface area contributed by atoms with Gasteiger partial charge in [-0.1, -0.05) is 13.3 Å². The Morgan fingerprint density at radius 2 is 2.23 bits per heavy atom. The molecule has 1 rings (SSSR count). The summed E-state index contributed by atoms with van der Waals surface area (Å²) in [7, 11) is 0. The van der Waals surface area contributed by atoms with Gasteiger partial charge in [-0.25, -0.2) is 0 Å². The molecule has 4 nitrogen and oxygen atoms in total. The molecule has 4 heteroatoms. The highest BCUT2D eigenvalue weighted by Crippen LogP contribution is 2.20. The summed E-state index contributed by atoms with van der Waals surface area (Å²) >= 11 is 0. The van der Waals surface area contributed by atoms with E-state index in [1.54, 1.807) is 11.8 Å². The summed E-state index contributed by atoms with van der Waals surface area (Å²) in [4.78, 5) is 13.1. The van der Waals surface area contributed by atoms with Crippen LogP contribution in [0.3, 0.4) is 0 Å². The minimum atomic E-state index is -0.693. The normalized spacial score (nSPS) is 22.3. The number of nitrogens with two attached hydrogens (primary N) is 1. The summed E-state index contributed by atoms with van der Waals surface area (Å²) in [6.45, 7) is 4.56. The fourth-order valence-electron chi connectivity index (χ4n) is 1.60. The van der Waals surface area contributed by atoms with Crippen LogP contribution >= 0.6 is 0 Å². The smallest absolute Gasteiger partial charge is 0.239 e. The Bertz CT molecular complexity index is 196. The molecule has 1 saturated heterocycles. The van der Waals surface area contributed by atoms with E-state index in [1.807, 2.05) is 6.92 Å². The van der Waals surface area contributed by atoms with Crippen molar-refractivity contribution >= 4 is 5.91 Å². The lowest BCUT2D eigenvalue weighted by Gasteiger charge is -2.45. The first-order chi connectivity index (χ1) is 5.96. The van der Waals surface area contributed by atoms with Gasteiger partial charge in [0.05, 0.1) is 24.7 Å². The molecule has 0 aromatic heterocycles. The average molecular weight is 186 g/mol. The second-order valence-electron chi connectivity index (χ2n) is 4.09. The molecule has 0 radical (unpaired) electrons. The van der Waals surface area contributed by atoms with Crippen LogP contribution in [0.5, 0.6) is 0 Å². The fraction of sp³-hybridized carbons (Fsp3) is 0.889. The zero-order valence-electron chi connectivity index (χ0n) is 8.29. The SMILES string of the molecule is CCCC(N)C(=O)N1CC(C)(O)C1. The molecular weight excluding hydrogens is 168 g/mol. The summed E-state index contributed by atoms with van der Waals surface area (Å²) < 4.78 is 0. The van der Waals surface area contributed by atoms with Crippen LogP contribution in [-0.2, 0) is 4.79 Å². The number of hydrogen-bond donors (Lipinski definition) is 2. The van der Waals surface area contributed by atoms with E-state index < -0.39 is 5.60 Å². The molecule has 0 aliphatic carbocycles. The van der Waals surface area contributed by atoms with Crippen LogP contribution in [0.15, 0.2) is 0 Å². The third-order valence-electron chi connectivity index (χ3n) is 2.29. The quantitative estimate of drug-likeness (QED) is 0.636. The average Bonchev–Trinajstić information content (AvgIpc) is 1.99. The number of amides is 1. The lowest BCUT2D eigenvalue weighted by atomic mass is 9.95. The van der Waals surface area contributed by atoms with E-state index in [2.05, 4.69) is 0 Å². The monoisotopic (exact) mass is 186 g/mol. The Morgan fingerprint density at radius 1 is 1.69 bits per heavy atom. The van der Waals surface area contributed by atoms with Gasteiger partial charge in [0.15, 0.2) is 0 Å². The Morgan fingerprint density at radius 3 is 2.62 bits per heavy atom. The largest absolute Gasteiger partial charge is 0.386 e. The van der Waals surface area contributed by atoms with Crippen molar-refractivity contribution in [3.05, 3.63) is 0 Å². The number of carbonyl (C=O) groups is 1. The van der Waals surface area contributed by atoms with Crippen LogP contribution in [0.1, 0.15) is 26.7 Å². The summed E-state index contributed by atoms with van der Waals surface area (Å²) in [6, 6.07) is -0.388. The van der Waals surface area contributed by atoms with Gasteiger partial charge in [-0.3, -0.25) is 4.79 Å². The molecule has 0 aromatic carbocycles. The maximum Gasteiger partial charge on any atom is 0.239 e. The van der Waals surface area contributed by atoms with Gasteiger partial charge in [0, 0.05) is 0 Å². The minimum absolute atomic E-state index is 0.0339. The van der Waals surface area contributed by atoms with Gasteiger partial charge in [0.25, 0.3) is 0 Å². The molecule has 1 aliphatic heterocycles. The molecule has 1 aliphatic rings. The lowest BCUT2D eigenvalue weighted by molar-refractivity contribution is -0.153. The van der Waals surface area contributed by atoms with Crippen molar-refractivity contribution in [2.45, 2.75) is 38.3 Å². The Labute approximate surface area is 78.7 Å². The number of aliphatic hydroxyl groups is 1. The number of hydrogen-bond acceptors (Lipinski definition) is 3. The van der Waals surface area contributed by atoms with Gasteiger partial charge in [0.2, 0.25) is 5.91 Å². The zero-order chi connectivity index (χ0) is 10.1. The van der Waals surface area contributed by atoms with E-state index in [0.29, 0.717) is 13.1 Å². The first-order valence-corrected chi connectivity index (χ1v) is 4.73. The predicted molar refractivity (Wildman–Crippen MR) is 50.1 cm³/mol.